The number of halogens is 1. The molecular weight excluding hydrogens is 437 g/mol. The van der Waals surface area contributed by atoms with E-state index >= 15 is 0 Å². The maximum absolute atomic E-state index is 6.12. The summed E-state index contributed by atoms with van der Waals surface area (Å²) < 4.78 is 6.12. The molecule has 0 radical (unpaired) electrons. The minimum atomic E-state index is 0. The number of hydrogen-bond acceptors (Lipinski definition) is 2. The van der Waals surface area contributed by atoms with Crippen LogP contribution in [-0.4, -0.2) is 31.7 Å². The molecule has 2 unspecified atom stereocenters. The molecule has 0 saturated carbocycles. The molecule has 1 aromatic rings. The Balaban J connectivity index is 0.00000243. The summed E-state index contributed by atoms with van der Waals surface area (Å²) in [5.74, 6) is 1.37. The molecule has 5 heteroatoms. The summed E-state index contributed by atoms with van der Waals surface area (Å²) in [6.45, 7) is 6.77. The van der Waals surface area contributed by atoms with Crippen molar-refractivity contribution in [2.45, 2.75) is 51.7 Å². The first-order valence-corrected chi connectivity index (χ1v) is 9.64. The fraction of sp³-hybridized carbons (Fsp3) is 0.571. The quantitative estimate of drug-likeness (QED) is 0.292. The lowest BCUT2D eigenvalue weighted by Gasteiger charge is -2.31. The number of ether oxygens (including phenoxy) is 1. The van der Waals surface area contributed by atoms with Crippen molar-refractivity contribution in [3.05, 3.63) is 47.5 Å². The highest BCUT2D eigenvalue weighted by atomic mass is 127. The van der Waals surface area contributed by atoms with Crippen molar-refractivity contribution in [3.8, 4) is 0 Å². The molecule has 1 heterocycles. The predicted molar refractivity (Wildman–Crippen MR) is 119 cm³/mol. The summed E-state index contributed by atoms with van der Waals surface area (Å²) in [5, 5.41) is 6.94. The number of aryl methyl sites for hydroxylation is 1. The van der Waals surface area contributed by atoms with E-state index in [1.54, 1.807) is 0 Å². The molecule has 0 aromatic heterocycles. The zero-order valence-electron chi connectivity index (χ0n) is 15.9. The molecule has 2 N–H and O–H groups in total. The summed E-state index contributed by atoms with van der Waals surface area (Å²) >= 11 is 0. The van der Waals surface area contributed by atoms with Crippen molar-refractivity contribution in [1.29, 1.82) is 0 Å². The second-order valence-corrected chi connectivity index (χ2v) is 7.11. The van der Waals surface area contributed by atoms with Gasteiger partial charge in [-0.05, 0) is 45.1 Å². The van der Waals surface area contributed by atoms with Crippen LogP contribution in [0.3, 0.4) is 0 Å². The standard InChI is InChI=1S/C21H31N3O.HI/c1-3-22-21(24-19-8-4-5-9-19)23-15-18-7-6-14-25-20(18)17-12-10-16(2)11-13-17;/h4-5,10-13,18-20H,3,6-9,14-15H2,1-2H3,(H2,22,23,24);1H. The van der Waals surface area contributed by atoms with Crippen LogP contribution >= 0.6 is 24.0 Å². The maximum atomic E-state index is 6.12. The normalized spacial score (nSPS) is 23.5. The summed E-state index contributed by atoms with van der Waals surface area (Å²) in [5.41, 5.74) is 2.57. The van der Waals surface area contributed by atoms with E-state index in [1.807, 2.05) is 0 Å². The molecule has 3 rings (SSSR count). The minimum absolute atomic E-state index is 0. The predicted octanol–water partition coefficient (Wildman–Crippen LogP) is 4.35. The largest absolute Gasteiger partial charge is 0.373 e. The second-order valence-electron chi connectivity index (χ2n) is 7.11. The zero-order chi connectivity index (χ0) is 17.5. The molecular formula is C21H32IN3O. The molecule has 1 aromatic carbocycles. The first-order chi connectivity index (χ1) is 12.3. The highest BCUT2D eigenvalue weighted by molar-refractivity contribution is 14.0. The van der Waals surface area contributed by atoms with Gasteiger partial charge in [0.25, 0.3) is 0 Å². The van der Waals surface area contributed by atoms with Gasteiger partial charge in [0, 0.05) is 31.7 Å². The summed E-state index contributed by atoms with van der Waals surface area (Å²) in [6.07, 6.45) is 9.11. The van der Waals surface area contributed by atoms with Crippen LogP contribution < -0.4 is 10.6 Å². The third kappa shape index (κ3) is 5.98. The Morgan fingerprint density at radius 3 is 2.62 bits per heavy atom. The Kier molecular flexibility index (Phi) is 8.91. The molecule has 1 fully saturated rings. The molecule has 0 bridgehead atoms. The van der Waals surface area contributed by atoms with Gasteiger partial charge in [0.05, 0.1) is 6.10 Å². The van der Waals surface area contributed by atoms with Crippen molar-refractivity contribution < 1.29 is 4.74 Å². The third-order valence-electron chi connectivity index (χ3n) is 5.03. The highest BCUT2D eigenvalue weighted by Gasteiger charge is 2.27. The first kappa shape index (κ1) is 21.2. The van der Waals surface area contributed by atoms with Crippen LogP contribution in [0.1, 0.15) is 49.8 Å². The smallest absolute Gasteiger partial charge is 0.191 e. The van der Waals surface area contributed by atoms with Crippen LogP contribution in [0.25, 0.3) is 0 Å². The SMILES string of the molecule is CCNC(=NCC1CCCOC1c1ccc(C)cc1)NC1CC=CC1.I. The number of rotatable bonds is 5. The van der Waals surface area contributed by atoms with E-state index in [-0.39, 0.29) is 30.1 Å². The number of guanidine groups is 1. The number of nitrogens with zero attached hydrogens (tertiary/aromatic N) is 1. The van der Waals surface area contributed by atoms with Crippen LogP contribution in [0.5, 0.6) is 0 Å². The molecule has 4 nitrogen and oxygen atoms in total. The molecule has 1 saturated heterocycles. The lowest BCUT2D eigenvalue weighted by Crippen LogP contribution is -2.43. The number of aliphatic imine (C=N–C) groups is 1. The van der Waals surface area contributed by atoms with Gasteiger partial charge >= 0.3 is 0 Å². The Hall–Kier alpha value is -1.08. The van der Waals surface area contributed by atoms with E-state index < -0.39 is 0 Å². The van der Waals surface area contributed by atoms with Gasteiger partial charge in [0.2, 0.25) is 0 Å². The van der Waals surface area contributed by atoms with Crippen molar-refractivity contribution in [1.82, 2.24) is 10.6 Å². The molecule has 1 aliphatic carbocycles. The Morgan fingerprint density at radius 1 is 1.19 bits per heavy atom. The fourth-order valence-electron chi connectivity index (χ4n) is 3.61. The summed E-state index contributed by atoms with van der Waals surface area (Å²) in [7, 11) is 0. The lowest BCUT2D eigenvalue weighted by molar-refractivity contribution is -0.0250. The molecule has 2 aliphatic rings. The number of nitrogens with one attached hydrogen (secondary N) is 2. The van der Waals surface area contributed by atoms with E-state index in [4.69, 9.17) is 9.73 Å². The van der Waals surface area contributed by atoms with Gasteiger partial charge in [-0.25, -0.2) is 0 Å². The van der Waals surface area contributed by atoms with Crippen LogP contribution in [0.15, 0.2) is 41.4 Å². The zero-order valence-corrected chi connectivity index (χ0v) is 18.2. The van der Waals surface area contributed by atoms with Gasteiger partial charge in [0.15, 0.2) is 5.96 Å². The van der Waals surface area contributed by atoms with Crippen LogP contribution in [0.4, 0.5) is 0 Å². The topological polar surface area (TPSA) is 45.7 Å². The Morgan fingerprint density at radius 2 is 1.92 bits per heavy atom. The van der Waals surface area contributed by atoms with Crippen molar-refractivity contribution in [2.75, 3.05) is 19.7 Å². The molecule has 2 atom stereocenters. The molecule has 1 aliphatic heterocycles. The van der Waals surface area contributed by atoms with E-state index in [1.165, 1.54) is 17.5 Å². The van der Waals surface area contributed by atoms with E-state index in [0.717, 1.165) is 44.9 Å². The average molecular weight is 469 g/mol. The number of hydrogen-bond donors (Lipinski definition) is 2. The molecule has 0 amide bonds. The molecule has 144 valence electrons. The summed E-state index contributed by atoms with van der Waals surface area (Å²) in [4.78, 5) is 4.88. The van der Waals surface area contributed by atoms with Gasteiger partial charge in [-0.15, -0.1) is 24.0 Å². The van der Waals surface area contributed by atoms with Crippen molar-refractivity contribution in [3.63, 3.8) is 0 Å². The van der Waals surface area contributed by atoms with Crippen LogP contribution in [0, 0.1) is 12.8 Å². The van der Waals surface area contributed by atoms with E-state index in [0.29, 0.717) is 12.0 Å². The van der Waals surface area contributed by atoms with Crippen LogP contribution in [-0.2, 0) is 4.74 Å². The van der Waals surface area contributed by atoms with Gasteiger partial charge in [-0.2, -0.15) is 0 Å². The minimum Gasteiger partial charge on any atom is -0.373 e. The van der Waals surface area contributed by atoms with Crippen molar-refractivity contribution in [2.24, 2.45) is 10.9 Å². The maximum Gasteiger partial charge on any atom is 0.191 e. The summed E-state index contributed by atoms with van der Waals surface area (Å²) in [6, 6.07) is 9.23. The lowest BCUT2D eigenvalue weighted by atomic mass is 9.89. The Bertz CT molecular complexity index is 592. The van der Waals surface area contributed by atoms with E-state index in [9.17, 15) is 0 Å². The molecule has 26 heavy (non-hydrogen) atoms. The molecule has 0 spiro atoms. The second kappa shape index (κ2) is 10.9. The number of benzene rings is 1. The van der Waals surface area contributed by atoms with Gasteiger partial charge in [-0.1, -0.05) is 42.0 Å². The fourth-order valence-corrected chi connectivity index (χ4v) is 3.61. The van der Waals surface area contributed by atoms with Crippen LogP contribution in [0.2, 0.25) is 0 Å². The van der Waals surface area contributed by atoms with Gasteiger partial charge in [0.1, 0.15) is 0 Å². The third-order valence-corrected chi connectivity index (χ3v) is 5.03. The monoisotopic (exact) mass is 469 g/mol. The first-order valence-electron chi connectivity index (χ1n) is 9.64. The van der Waals surface area contributed by atoms with Gasteiger partial charge < -0.3 is 15.4 Å². The van der Waals surface area contributed by atoms with E-state index in [2.05, 4.69) is 60.9 Å². The van der Waals surface area contributed by atoms with Crippen molar-refractivity contribution >= 4 is 29.9 Å². The van der Waals surface area contributed by atoms with Gasteiger partial charge in [-0.3, -0.25) is 4.99 Å². The Labute approximate surface area is 174 Å². The highest BCUT2D eigenvalue weighted by Crippen LogP contribution is 2.34. The average Bonchev–Trinajstić information content (AvgIpc) is 3.14.